The smallest absolute Gasteiger partial charge is 0.337 e. The van der Waals surface area contributed by atoms with E-state index in [0.717, 1.165) is 6.07 Å². The molecule has 0 fully saturated rings. The number of hydrogen-bond donors (Lipinski definition) is 0. The number of ether oxygens (including phenoxy) is 1. The number of nitrogens with zero attached hydrogens (tertiary/aromatic N) is 2. The summed E-state index contributed by atoms with van der Waals surface area (Å²) < 4.78 is 18.0. The van der Waals surface area contributed by atoms with Gasteiger partial charge >= 0.3 is 5.97 Å². The Labute approximate surface area is 107 Å². The number of carbonyl (C=O) groups is 1. The Morgan fingerprint density at radius 1 is 1.28 bits per heavy atom. The average Bonchev–Trinajstić information content (AvgIpc) is 2.37. The number of methoxy groups -OCH3 is 1. The number of halogens is 2. The highest BCUT2D eigenvalue weighted by Gasteiger charge is 2.11. The molecule has 0 bridgehead atoms. The normalized spacial score (nSPS) is 10.2. The van der Waals surface area contributed by atoms with Crippen molar-refractivity contribution in [2.45, 2.75) is 0 Å². The van der Waals surface area contributed by atoms with Crippen LogP contribution in [0.4, 0.5) is 4.39 Å². The van der Waals surface area contributed by atoms with E-state index in [4.69, 9.17) is 11.6 Å². The third-order valence-corrected chi connectivity index (χ3v) is 2.46. The largest absolute Gasteiger partial charge is 0.465 e. The topological polar surface area (TPSA) is 52.1 Å². The molecule has 6 heteroatoms. The van der Waals surface area contributed by atoms with Gasteiger partial charge in [-0.2, -0.15) is 0 Å². The van der Waals surface area contributed by atoms with Crippen LogP contribution in [0.3, 0.4) is 0 Å². The summed E-state index contributed by atoms with van der Waals surface area (Å²) in [6, 6.07) is 5.31. The van der Waals surface area contributed by atoms with Gasteiger partial charge in [-0.25, -0.2) is 19.2 Å². The molecule has 2 rings (SSSR count). The summed E-state index contributed by atoms with van der Waals surface area (Å²) in [5.74, 6) is -1.17. The second kappa shape index (κ2) is 5.10. The molecule has 0 atom stereocenters. The molecular weight excluding hydrogens is 259 g/mol. The molecule has 1 aromatic carbocycles. The quantitative estimate of drug-likeness (QED) is 0.619. The molecule has 0 aliphatic heterocycles. The van der Waals surface area contributed by atoms with Crippen molar-refractivity contribution in [2.75, 3.05) is 7.11 Å². The summed E-state index contributed by atoms with van der Waals surface area (Å²) >= 11 is 5.73. The Kier molecular flexibility index (Phi) is 3.53. The van der Waals surface area contributed by atoms with Crippen molar-refractivity contribution in [2.24, 2.45) is 0 Å². The minimum atomic E-state index is -0.615. The summed E-state index contributed by atoms with van der Waals surface area (Å²) in [4.78, 5) is 19.1. The van der Waals surface area contributed by atoms with Crippen molar-refractivity contribution in [1.29, 1.82) is 0 Å². The number of benzene rings is 1. The van der Waals surface area contributed by atoms with Crippen LogP contribution in [0.1, 0.15) is 10.4 Å². The molecule has 2 aromatic rings. The van der Waals surface area contributed by atoms with E-state index in [1.807, 2.05) is 0 Å². The SMILES string of the molecule is COC(=O)c1cc(F)cc(-c2cc(Cl)ncn2)c1. The van der Waals surface area contributed by atoms with E-state index in [1.165, 1.54) is 31.6 Å². The molecule has 0 saturated heterocycles. The van der Waals surface area contributed by atoms with Crippen LogP contribution >= 0.6 is 11.6 Å². The molecule has 1 aromatic heterocycles. The lowest BCUT2D eigenvalue weighted by molar-refractivity contribution is 0.0600. The van der Waals surface area contributed by atoms with Gasteiger partial charge in [0.25, 0.3) is 0 Å². The highest BCUT2D eigenvalue weighted by Crippen LogP contribution is 2.22. The fourth-order valence-electron chi connectivity index (χ4n) is 1.46. The molecule has 0 saturated carbocycles. The van der Waals surface area contributed by atoms with Crippen molar-refractivity contribution in [3.8, 4) is 11.3 Å². The maximum atomic E-state index is 13.4. The van der Waals surface area contributed by atoms with Crippen molar-refractivity contribution in [1.82, 2.24) is 9.97 Å². The second-order valence-electron chi connectivity index (χ2n) is 3.45. The van der Waals surface area contributed by atoms with Gasteiger partial charge in [0.1, 0.15) is 17.3 Å². The Morgan fingerprint density at radius 2 is 2.06 bits per heavy atom. The van der Waals surface area contributed by atoms with Gasteiger partial charge in [-0.1, -0.05) is 11.6 Å². The van der Waals surface area contributed by atoms with Gasteiger partial charge in [0.15, 0.2) is 0 Å². The highest BCUT2D eigenvalue weighted by atomic mass is 35.5. The molecule has 92 valence electrons. The Bertz CT molecular complexity index is 604. The van der Waals surface area contributed by atoms with Gasteiger partial charge in [0, 0.05) is 11.6 Å². The monoisotopic (exact) mass is 266 g/mol. The zero-order valence-corrected chi connectivity index (χ0v) is 10.1. The first-order valence-electron chi connectivity index (χ1n) is 4.97. The van der Waals surface area contributed by atoms with Gasteiger partial charge in [-0.3, -0.25) is 0 Å². The third kappa shape index (κ3) is 2.62. The minimum Gasteiger partial charge on any atom is -0.465 e. The minimum absolute atomic E-state index is 0.113. The third-order valence-electron chi connectivity index (χ3n) is 2.25. The van der Waals surface area contributed by atoms with E-state index in [9.17, 15) is 9.18 Å². The molecule has 0 aliphatic rings. The Hall–Kier alpha value is -2.01. The zero-order chi connectivity index (χ0) is 13.1. The van der Waals surface area contributed by atoms with Crippen molar-refractivity contribution in [3.05, 3.63) is 47.1 Å². The first-order valence-corrected chi connectivity index (χ1v) is 5.35. The van der Waals surface area contributed by atoms with Gasteiger partial charge < -0.3 is 4.74 Å². The molecular formula is C12H8ClFN2O2. The van der Waals surface area contributed by atoms with Crippen LogP contribution in [0, 0.1) is 5.82 Å². The van der Waals surface area contributed by atoms with E-state index in [2.05, 4.69) is 14.7 Å². The standard InChI is InChI=1S/C12H8ClFN2O2/c1-18-12(17)8-2-7(3-9(14)4-8)10-5-11(13)16-6-15-10/h2-6H,1H3. The molecule has 0 radical (unpaired) electrons. The van der Waals surface area contributed by atoms with Crippen LogP contribution < -0.4 is 0 Å². The predicted octanol–water partition coefficient (Wildman–Crippen LogP) is 2.72. The van der Waals surface area contributed by atoms with Crippen LogP contribution in [0.15, 0.2) is 30.6 Å². The Balaban J connectivity index is 2.51. The van der Waals surface area contributed by atoms with Gasteiger partial charge in [-0.05, 0) is 18.2 Å². The number of hydrogen-bond acceptors (Lipinski definition) is 4. The lowest BCUT2D eigenvalue weighted by Gasteiger charge is -2.04. The maximum Gasteiger partial charge on any atom is 0.337 e. The maximum absolute atomic E-state index is 13.4. The summed E-state index contributed by atoms with van der Waals surface area (Å²) in [6.45, 7) is 0. The zero-order valence-electron chi connectivity index (χ0n) is 9.35. The molecule has 0 N–H and O–H groups in total. The highest BCUT2D eigenvalue weighted by molar-refractivity contribution is 6.29. The van der Waals surface area contributed by atoms with Gasteiger partial charge in [-0.15, -0.1) is 0 Å². The number of carbonyl (C=O) groups excluding carboxylic acids is 1. The molecule has 0 spiro atoms. The fraction of sp³-hybridized carbons (Fsp3) is 0.0833. The van der Waals surface area contributed by atoms with Gasteiger partial charge in [0.05, 0.1) is 18.4 Å². The molecule has 18 heavy (non-hydrogen) atoms. The summed E-state index contributed by atoms with van der Waals surface area (Å²) in [5, 5.41) is 0.240. The van der Waals surface area contributed by atoms with Crippen molar-refractivity contribution in [3.63, 3.8) is 0 Å². The van der Waals surface area contributed by atoms with E-state index in [1.54, 1.807) is 0 Å². The molecule has 1 heterocycles. The first-order chi connectivity index (χ1) is 8.60. The summed E-state index contributed by atoms with van der Waals surface area (Å²) in [5.41, 5.74) is 0.974. The summed E-state index contributed by atoms with van der Waals surface area (Å²) in [7, 11) is 1.23. The Morgan fingerprint density at radius 3 is 2.72 bits per heavy atom. The predicted molar refractivity (Wildman–Crippen MR) is 63.8 cm³/mol. The van der Waals surface area contributed by atoms with Crippen molar-refractivity contribution < 1.29 is 13.9 Å². The van der Waals surface area contributed by atoms with Crippen LogP contribution in [-0.2, 0) is 4.74 Å². The van der Waals surface area contributed by atoms with Crippen molar-refractivity contribution >= 4 is 17.6 Å². The molecule has 0 unspecified atom stereocenters. The van der Waals surface area contributed by atoms with Crippen LogP contribution in [0.25, 0.3) is 11.3 Å². The van der Waals surface area contributed by atoms with Crippen LogP contribution in [0.5, 0.6) is 0 Å². The number of esters is 1. The van der Waals surface area contributed by atoms with Gasteiger partial charge in [0.2, 0.25) is 0 Å². The summed E-state index contributed by atoms with van der Waals surface area (Å²) in [6.07, 6.45) is 1.26. The van der Waals surface area contributed by atoms with E-state index in [0.29, 0.717) is 11.3 Å². The number of aromatic nitrogens is 2. The van der Waals surface area contributed by atoms with E-state index >= 15 is 0 Å². The first kappa shape index (κ1) is 12.4. The average molecular weight is 267 g/mol. The van der Waals surface area contributed by atoms with Crippen LogP contribution in [0.2, 0.25) is 5.15 Å². The lowest BCUT2D eigenvalue weighted by Crippen LogP contribution is -2.02. The molecule has 0 amide bonds. The van der Waals surface area contributed by atoms with E-state index < -0.39 is 11.8 Å². The lowest BCUT2D eigenvalue weighted by atomic mass is 10.1. The molecule has 4 nitrogen and oxygen atoms in total. The second-order valence-corrected chi connectivity index (χ2v) is 3.83. The van der Waals surface area contributed by atoms with Crippen LogP contribution in [-0.4, -0.2) is 23.0 Å². The molecule has 0 aliphatic carbocycles. The van der Waals surface area contributed by atoms with E-state index in [-0.39, 0.29) is 10.7 Å². The fourth-order valence-corrected chi connectivity index (χ4v) is 1.61. The number of rotatable bonds is 2.